The smallest absolute Gasteiger partial charge is 0.256 e. The van der Waals surface area contributed by atoms with E-state index in [1.54, 1.807) is 17.0 Å². The van der Waals surface area contributed by atoms with Gasteiger partial charge in [0.1, 0.15) is 5.82 Å². The van der Waals surface area contributed by atoms with Crippen molar-refractivity contribution in [1.29, 1.82) is 0 Å². The number of amides is 2. The van der Waals surface area contributed by atoms with Crippen LogP contribution in [0.1, 0.15) is 43.5 Å². The Morgan fingerprint density at radius 2 is 1.74 bits per heavy atom. The van der Waals surface area contributed by atoms with Gasteiger partial charge >= 0.3 is 0 Å². The van der Waals surface area contributed by atoms with Crippen LogP contribution in [0.15, 0.2) is 36.4 Å². The Kier molecular flexibility index (Phi) is 4.17. The van der Waals surface area contributed by atoms with Crippen molar-refractivity contribution in [2.45, 2.75) is 33.1 Å². The molecule has 3 aliphatic rings. The normalized spacial score (nSPS) is 29.3. The molecule has 2 aliphatic carbocycles. The lowest BCUT2D eigenvalue weighted by Gasteiger charge is -2.42. The molecule has 1 aromatic carbocycles. The number of piperazine rings is 1. The lowest BCUT2D eigenvalue weighted by molar-refractivity contribution is -0.141. The summed E-state index contributed by atoms with van der Waals surface area (Å²) in [6, 6.07) is 6.06. The summed E-state index contributed by atoms with van der Waals surface area (Å²) in [5.41, 5.74) is 0.795. The number of carbonyl (C=O) groups excluding carboxylic acids is 2. The molecule has 3 fully saturated rings. The topological polar surface area (TPSA) is 40.6 Å². The zero-order valence-electron chi connectivity index (χ0n) is 16.1. The van der Waals surface area contributed by atoms with Crippen molar-refractivity contribution in [3.63, 3.8) is 0 Å². The second kappa shape index (κ2) is 6.18. The van der Waals surface area contributed by atoms with Gasteiger partial charge < -0.3 is 9.80 Å². The highest BCUT2D eigenvalue weighted by molar-refractivity contribution is 5.95. The van der Waals surface area contributed by atoms with Crippen LogP contribution < -0.4 is 0 Å². The van der Waals surface area contributed by atoms with Crippen molar-refractivity contribution in [2.75, 3.05) is 26.2 Å². The van der Waals surface area contributed by atoms with Gasteiger partial charge in [0.15, 0.2) is 0 Å². The monoisotopic (exact) mass is 370 g/mol. The second-order valence-electron chi connectivity index (χ2n) is 8.79. The Labute approximate surface area is 160 Å². The molecule has 27 heavy (non-hydrogen) atoms. The van der Waals surface area contributed by atoms with Crippen molar-refractivity contribution < 1.29 is 14.0 Å². The summed E-state index contributed by atoms with van der Waals surface area (Å²) in [5.74, 6) is -0.0801. The molecule has 4 nitrogen and oxygen atoms in total. The van der Waals surface area contributed by atoms with Crippen LogP contribution in [-0.2, 0) is 4.79 Å². The highest BCUT2D eigenvalue weighted by Gasteiger charge is 2.61. The van der Waals surface area contributed by atoms with Gasteiger partial charge in [-0.1, -0.05) is 38.1 Å². The number of fused-ring (bicyclic) bond motifs is 2. The van der Waals surface area contributed by atoms with E-state index in [1.807, 2.05) is 4.90 Å². The van der Waals surface area contributed by atoms with Crippen molar-refractivity contribution >= 4 is 11.8 Å². The Morgan fingerprint density at radius 1 is 1.11 bits per heavy atom. The van der Waals surface area contributed by atoms with Gasteiger partial charge in [-0.3, -0.25) is 9.59 Å². The number of benzene rings is 1. The molecule has 0 radical (unpaired) electrons. The third-order valence-corrected chi connectivity index (χ3v) is 7.26. The summed E-state index contributed by atoms with van der Waals surface area (Å²) >= 11 is 0. The molecule has 1 heterocycles. The molecule has 2 amide bonds. The lowest BCUT2D eigenvalue weighted by Crippen LogP contribution is -2.54. The van der Waals surface area contributed by atoms with E-state index < -0.39 is 11.2 Å². The number of carbonyl (C=O) groups is 2. The lowest BCUT2D eigenvalue weighted by atomic mass is 9.68. The second-order valence-corrected chi connectivity index (χ2v) is 8.79. The number of nitrogens with zero attached hydrogens (tertiary/aromatic N) is 2. The number of hydrogen-bond acceptors (Lipinski definition) is 2. The van der Waals surface area contributed by atoms with E-state index in [9.17, 15) is 14.0 Å². The van der Waals surface area contributed by atoms with E-state index >= 15 is 0 Å². The van der Waals surface area contributed by atoms with E-state index in [1.165, 1.54) is 12.1 Å². The van der Waals surface area contributed by atoms with Gasteiger partial charge in [0.05, 0.1) is 11.0 Å². The summed E-state index contributed by atoms with van der Waals surface area (Å²) in [7, 11) is 0. The van der Waals surface area contributed by atoms with E-state index in [0.717, 1.165) is 24.8 Å². The maximum atomic E-state index is 13.9. The fourth-order valence-electron chi connectivity index (χ4n) is 5.34. The molecule has 1 aromatic rings. The predicted octanol–water partition coefficient (Wildman–Crippen LogP) is 3.49. The molecule has 144 valence electrons. The standard InChI is InChI=1S/C22H27FN2O2/c1-15-21(2,3)16-8-9-22(15,14-16)20(27)25-12-10-24(11-13-25)19(26)17-6-4-5-7-18(17)23/h4-7,16H,1,8-14H2,2-3H3/t16-,22+/m0/s1. The van der Waals surface area contributed by atoms with Crippen LogP contribution in [0, 0.1) is 22.6 Å². The van der Waals surface area contributed by atoms with Gasteiger partial charge in [-0.05, 0) is 42.7 Å². The minimum absolute atomic E-state index is 0.0243. The first-order valence-corrected chi connectivity index (χ1v) is 9.80. The SMILES string of the molecule is C=C1C(C)(C)[C@H]2CC[C@@]1(C(=O)N1CCN(C(=O)c3ccccc3F)CC1)C2. The Bertz CT molecular complexity index is 810. The van der Waals surface area contributed by atoms with E-state index in [4.69, 9.17) is 0 Å². The minimum Gasteiger partial charge on any atom is -0.338 e. The molecule has 0 spiro atoms. The minimum atomic E-state index is -0.499. The molecule has 2 saturated carbocycles. The van der Waals surface area contributed by atoms with Gasteiger partial charge in [-0.2, -0.15) is 0 Å². The first kappa shape index (κ1) is 18.2. The highest BCUT2D eigenvalue weighted by atomic mass is 19.1. The summed E-state index contributed by atoms with van der Waals surface area (Å²) in [4.78, 5) is 29.5. The van der Waals surface area contributed by atoms with Gasteiger partial charge in [0, 0.05) is 26.2 Å². The van der Waals surface area contributed by atoms with Crippen molar-refractivity contribution in [3.8, 4) is 0 Å². The molecule has 5 heteroatoms. The van der Waals surface area contributed by atoms with Crippen LogP contribution in [0.3, 0.4) is 0 Å². The third-order valence-electron chi connectivity index (χ3n) is 7.26. The molecule has 4 rings (SSSR count). The first-order valence-electron chi connectivity index (χ1n) is 9.80. The van der Waals surface area contributed by atoms with Crippen LogP contribution in [0.5, 0.6) is 0 Å². The molecule has 0 N–H and O–H groups in total. The fraction of sp³-hybridized carbons (Fsp3) is 0.545. The van der Waals surface area contributed by atoms with E-state index in [0.29, 0.717) is 32.1 Å². The zero-order chi connectivity index (χ0) is 19.4. The summed E-state index contributed by atoms with van der Waals surface area (Å²) in [6.45, 7) is 10.6. The Balaban J connectivity index is 1.44. The molecule has 2 bridgehead atoms. The first-order chi connectivity index (χ1) is 12.8. The van der Waals surface area contributed by atoms with E-state index in [-0.39, 0.29) is 22.8 Å². The number of halogens is 1. The maximum Gasteiger partial charge on any atom is 0.256 e. The summed E-state index contributed by atoms with van der Waals surface area (Å²) in [6.07, 6.45) is 2.89. The molecule has 0 aromatic heterocycles. The quantitative estimate of drug-likeness (QED) is 0.748. The van der Waals surface area contributed by atoms with Crippen molar-refractivity contribution in [3.05, 3.63) is 47.8 Å². The molecule has 1 aliphatic heterocycles. The van der Waals surface area contributed by atoms with Gasteiger partial charge in [0.2, 0.25) is 5.91 Å². The zero-order valence-corrected chi connectivity index (χ0v) is 16.1. The van der Waals surface area contributed by atoms with Crippen LogP contribution in [-0.4, -0.2) is 47.8 Å². The number of rotatable bonds is 2. The fourth-order valence-corrected chi connectivity index (χ4v) is 5.34. The third kappa shape index (κ3) is 2.62. The van der Waals surface area contributed by atoms with Crippen LogP contribution >= 0.6 is 0 Å². The average Bonchev–Trinajstić information content (AvgIpc) is 3.20. The Hall–Kier alpha value is -2.17. The van der Waals surface area contributed by atoms with Gasteiger partial charge in [-0.25, -0.2) is 4.39 Å². The molecular formula is C22H27FN2O2. The molecular weight excluding hydrogens is 343 g/mol. The van der Waals surface area contributed by atoms with Crippen molar-refractivity contribution in [1.82, 2.24) is 9.80 Å². The van der Waals surface area contributed by atoms with Crippen molar-refractivity contribution in [2.24, 2.45) is 16.7 Å². The van der Waals surface area contributed by atoms with Crippen LogP contribution in [0.4, 0.5) is 4.39 Å². The largest absolute Gasteiger partial charge is 0.338 e. The molecule has 0 unspecified atom stereocenters. The van der Waals surface area contributed by atoms with Crippen LogP contribution in [0.2, 0.25) is 0 Å². The van der Waals surface area contributed by atoms with Gasteiger partial charge in [0.25, 0.3) is 5.91 Å². The Morgan fingerprint density at radius 3 is 2.33 bits per heavy atom. The summed E-state index contributed by atoms with van der Waals surface area (Å²) in [5, 5.41) is 0. The number of hydrogen-bond donors (Lipinski definition) is 0. The van der Waals surface area contributed by atoms with E-state index in [2.05, 4.69) is 20.4 Å². The predicted molar refractivity (Wildman–Crippen MR) is 102 cm³/mol. The van der Waals surface area contributed by atoms with Gasteiger partial charge in [-0.15, -0.1) is 0 Å². The highest BCUT2D eigenvalue weighted by Crippen LogP contribution is 2.65. The summed E-state index contributed by atoms with van der Waals surface area (Å²) < 4.78 is 13.9. The molecule has 1 saturated heterocycles. The molecule has 2 atom stereocenters. The maximum absolute atomic E-state index is 13.9. The van der Waals surface area contributed by atoms with Crippen LogP contribution in [0.25, 0.3) is 0 Å². The average molecular weight is 370 g/mol.